The second-order valence-electron chi connectivity index (χ2n) is 5.96. The summed E-state index contributed by atoms with van der Waals surface area (Å²) >= 11 is 0. The fourth-order valence-electron chi connectivity index (χ4n) is 2.67. The first-order chi connectivity index (χ1) is 9.95. The van der Waals surface area contributed by atoms with Gasteiger partial charge < -0.3 is 14.2 Å². The minimum atomic E-state index is -0.000457. The predicted molar refractivity (Wildman–Crippen MR) is 80.8 cm³/mol. The first kappa shape index (κ1) is 16.0. The molecule has 2 rings (SSSR count). The first-order valence-electron chi connectivity index (χ1n) is 7.48. The van der Waals surface area contributed by atoms with E-state index in [4.69, 9.17) is 4.74 Å². The van der Waals surface area contributed by atoms with Crippen LogP contribution in [-0.2, 0) is 22.6 Å². The Bertz CT molecular complexity index is 498. The standard InChI is InChI=1S/C15H26N4O2/c1-11(2)17(4)9-13-8-16-15-12(3)18(6-7-19(13)15)14(20)10-21-5/h8,11-12H,6-7,9-10H2,1-5H3/t12-/m1/s1. The molecule has 21 heavy (non-hydrogen) atoms. The number of ether oxygens (including phenoxy) is 1. The van der Waals surface area contributed by atoms with E-state index in [-0.39, 0.29) is 18.6 Å². The van der Waals surface area contributed by atoms with E-state index in [1.54, 1.807) is 7.11 Å². The SMILES string of the molecule is COCC(=O)N1CCn2c(CN(C)C(C)C)cnc2[C@H]1C. The number of methoxy groups -OCH3 is 1. The van der Waals surface area contributed by atoms with E-state index < -0.39 is 0 Å². The third kappa shape index (κ3) is 3.27. The highest BCUT2D eigenvalue weighted by Crippen LogP contribution is 2.25. The number of aromatic nitrogens is 2. The first-order valence-corrected chi connectivity index (χ1v) is 7.48. The molecule has 1 aromatic rings. The molecule has 1 aliphatic rings. The zero-order valence-corrected chi connectivity index (χ0v) is 13.7. The highest BCUT2D eigenvalue weighted by molar-refractivity contribution is 5.78. The second-order valence-corrected chi connectivity index (χ2v) is 5.96. The highest BCUT2D eigenvalue weighted by Gasteiger charge is 2.30. The van der Waals surface area contributed by atoms with Crippen molar-refractivity contribution >= 4 is 5.91 Å². The minimum absolute atomic E-state index is 0.000457. The number of amides is 1. The van der Waals surface area contributed by atoms with E-state index in [1.807, 2.05) is 18.0 Å². The molecule has 0 fully saturated rings. The van der Waals surface area contributed by atoms with Crippen LogP contribution in [0.4, 0.5) is 0 Å². The van der Waals surface area contributed by atoms with Crippen LogP contribution in [-0.4, -0.2) is 58.6 Å². The number of hydrogen-bond donors (Lipinski definition) is 0. The Morgan fingerprint density at radius 3 is 2.86 bits per heavy atom. The lowest BCUT2D eigenvalue weighted by Gasteiger charge is -2.34. The summed E-state index contributed by atoms with van der Waals surface area (Å²) in [6, 6.07) is 0.497. The minimum Gasteiger partial charge on any atom is -0.375 e. The second kappa shape index (κ2) is 6.58. The van der Waals surface area contributed by atoms with Crippen molar-refractivity contribution in [2.45, 2.75) is 45.9 Å². The van der Waals surface area contributed by atoms with E-state index in [2.05, 4.69) is 35.3 Å². The fraction of sp³-hybridized carbons (Fsp3) is 0.733. The molecule has 6 nitrogen and oxygen atoms in total. The lowest BCUT2D eigenvalue weighted by molar-refractivity contribution is -0.138. The average Bonchev–Trinajstić information content (AvgIpc) is 2.83. The zero-order chi connectivity index (χ0) is 15.6. The number of nitrogens with zero attached hydrogens (tertiary/aromatic N) is 4. The Morgan fingerprint density at radius 1 is 1.52 bits per heavy atom. The molecule has 0 saturated heterocycles. The fourth-order valence-corrected chi connectivity index (χ4v) is 2.67. The Kier molecular flexibility index (Phi) is 5.00. The van der Waals surface area contributed by atoms with E-state index in [1.165, 1.54) is 5.69 Å². The molecule has 0 aliphatic carbocycles. The van der Waals surface area contributed by atoms with Crippen LogP contribution in [0.5, 0.6) is 0 Å². The van der Waals surface area contributed by atoms with E-state index in [9.17, 15) is 4.79 Å². The van der Waals surface area contributed by atoms with Gasteiger partial charge in [-0.15, -0.1) is 0 Å². The molecule has 0 radical (unpaired) electrons. The number of carbonyl (C=O) groups is 1. The zero-order valence-electron chi connectivity index (χ0n) is 13.7. The quantitative estimate of drug-likeness (QED) is 0.821. The number of carbonyl (C=O) groups excluding carboxylic acids is 1. The van der Waals surface area contributed by atoms with Crippen molar-refractivity contribution < 1.29 is 9.53 Å². The highest BCUT2D eigenvalue weighted by atomic mass is 16.5. The summed E-state index contributed by atoms with van der Waals surface area (Å²) in [5.74, 6) is 0.998. The maximum absolute atomic E-state index is 12.0. The van der Waals surface area contributed by atoms with Gasteiger partial charge in [0.1, 0.15) is 12.4 Å². The van der Waals surface area contributed by atoms with Crippen molar-refractivity contribution in [1.29, 1.82) is 0 Å². The predicted octanol–water partition coefficient (Wildman–Crippen LogP) is 1.27. The van der Waals surface area contributed by atoms with E-state index in [0.717, 1.165) is 18.9 Å². The normalized spacial score (nSPS) is 18.4. The summed E-state index contributed by atoms with van der Waals surface area (Å²) in [4.78, 5) is 20.7. The van der Waals surface area contributed by atoms with E-state index >= 15 is 0 Å². The monoisotopic (exact) mass is 294 g/mol. The molecule has 1 amide bonds. The molecule has 0 spiro atoms. The summed E-state index contributed by atoms with van der Waals surface area (Å²) < 4.78 is 7.20. The average molecular weight is 294 g/mol. The molecule has 0 unspecified atom stereocenters. The van der Waals surface area contributed by atoms with Crippen LogP contribution in [0.2, 0.25) is 0 Å². The van der Waals surface area contributed by atoms with Gasteiger partial charge in [0.15, 0.2) is 0 Å². The summed E-state index contributed by atoms with van der Waals surface area (Å²) in [6.45, 7) is 8.92. The molecule has 1 aliphatic heterocycles. The Labute approximate surface area is 126 Å². The molecule has 1 aromatic heterocycles. The molecule has 0 N–H and O–H groups in total. The third-order valence-corrected chi connectivity index (χ3v) is 4.26. The summed E-state index contributed by atoms with van der Waals surface area (Å²) in [7, 11) is 3.67. The van der Waals surface area contributed by atoms with Crippen LogP contribution in [0.25, 0.3) is 0 Å². The molecule has 0 aromatic carbocycles. The van der Waals surface area contributed by atoms with Gasteiger partial charge in [-0.05, 0) is 27.8 Å². The van der Waals surface area contributed by atoms with Gasteiger partial charge in [0.2, 0.25) is 5.91 Å². The largest absolute Gasteiger partial charge is 0.375 e. The number of hydrogen-bond acceptors (Lipinski definition) is 4. The molecule has 118 valence electrons. The van der Waals surface area contributed by atoms with Crippen LogP contribution in [0.3, 0.4) is 0 Å². The lowest BCUT2D eigenvalue weighted by Crippen LogP contribution is -2.43. The van der Waals surface area contributed by atoms with Crippen LogP contribution in [0.15, 0.2) is 6.20 Å². The molecule has 0 bridgehead atoms. The van der Waals surface area contributed by atoms with Gasteiger partial charge >= 0.3 is 0 Å². The number of rotatable bonds is 5. The smallest absolute Gasteiger partial charge is 0.249 e. The van der Waals surface area contributed by atoms with Gasteiger partial charge in [0, 0.05) is 39.0 Å². The Hall–Kier alpha value is -1.40. The van der Waals surface area contributed by atoms with Crippen LogP contribution in [0.1, 0.15) is 38.3 Å². The Morgan fingerprint density at radius 2 is 2.24 bits per heavy atom. The molecule has 2 heterocycles. The maximum atomic E-state index is 12.0. The van der Waals surface area contributed by atoms with Crippen LogP contribution in [0, 0.1) is 0 Å². The van der Waals surface area contributed by atoms with Gasteiger partial charge in [-0.25, -0.2) is 4.98 Å². The van der Waals surface area contributed by atoms with E-state index in [0.29, 0.717) is 12.6 Å². The third-order valence-electron chi connectivity index (χ3n) is 4.26. The molecule has 1 atom stereocenters. The summed E-state index contributed by atoms with van der Waals surface area (Å²) in [5.41, 5.74) is 1.21. The number of imidazole rings is 1. The summed E-state index contributed by atoms with van der Waals surface area (Å²) in [6.07, 6.45) is 1.94. The van der Waals surface area contributed by atoms with Crippen molar-refractivity contribution in [2.24, 2.45) is 0 Å². The van der Waals surface area contributed by atoms with Gasteiger partial charge in [-0.1, -0.05) is 0 Å². The Balaban J connectivity index is 2.15. The topological polar surface area (TPSA) is 50.6 Å². The van der Waals surface area contributed by atoms with Gasteiger partial charge in [0.25, 0.3) is 0 Å². The summed E-state index contributed by atoms with van der Waals surface area (Å²) in [5, 5.41) is 0. The van der Waals surface area contributed by atoms with Crippen molar-refractivity contribution in [1.82, 2.24) is 19.4 Å². The molecular formula is C15H26N4O2. The maximum Gasteiger partial charge on any atom is 0.249 e. The van der Waals surface area contributed by atoms with Gasteiger partial charge in [0.05, 0.1) is 11.7 Å². The molecular weight excluding hydrogens is 268 g/mol. The van der Waals surface area contributed by atoms with Crippen LogP contribution >= 0.6 is 0 Å². The van der Waals surface area contributed by atoms with Crippen molar-refractivity contribution in [3.8, 4) is 0 Å². The lowest BCUT2D eigenvalue weighted by atomic mass is 10.2. The number of fused-ring (bicyclic) bond motifs is 1. The van der Waals surface area contributed by atoms with Crippen LogP contribution < -0.4 is 0 Å². The molecule has 6 heteroatoms. The van der Waals surface area contributed by atoms with Gasteiger partial charge in [-0.3, -0.25) is 9.69 Å². The molecule has 0 saturated carbocycles. The van der Waals surface area contributed by atoms with Crippen molar-refractivity contribution in [3.63, 3.8) is 0 Å². The van der Waals surface area contributed by atoms with Gasteiger partial charge in [-0.2, -0.15) is 0 Å². The van der Waals surface area contributed by atoms with Crippen molar-refractivity contribution in [2.75, 3.05) is 27.3 Å². The van der Waals surface area contributed by atoms with Crippen molar-refractivity contribution in [3.05, 3.63) is 17.7 Å².